The number of hydrogen-bond acceptors (Lipinski definition) is 1. The van der Waals surface area contributed by atoms with Gasteiger partial charge in [0.15, 0.2) is 0 Å². The minimum Gasteiger partial charge on any atom is -0.311 e. The van der Waals surface area contributed by atoms with E-state index in [2.05, 4.69) is 74.6 Å². The zero-order valence-electron chi connectivity index (χ0n) is 30.9. The minimum atomic E-state index is 0. The van der Waals surface area contributed by atoms with Crippen molar-refractivity contribution >= 4 is 0 Å². The summed E-state index contributed by atoms with van der Waals surface area (Å²) >= 11 is 0. The van der Waals surface area contributed by atoms with Gasteiger partial charge < -0.3 is 5.32 Å². The van der Waals surface area contributed by atoms with Crippen LogP contribution in [0.3, 0.4) is 0 Å². The molecular formula is C42H85N. The third-order valence-electron chi connectivity index (χ3n) is 12.8. The Hall–Kier alpha value is -0.0400. The van der Waals surface area contributed by atoms with Gasteiger partial charge >= 0.3 is 0 Å². The average molecular weight is 604 g/mol. The minimum absolute atomic E-state index is 0. The van der Waals surface area contributed by atoms with E-state index in [1.54, 1.807) is 0 Å². The second-order valence-electron chi connectivity index (χ2n) is 17.5. The molecule has 258 valence electrons. The Morgan fingerprint density at radius 2 is 0.698 bits per heavy atom. The van der Waals surface area contributed by atoms with Crippen molar-refractivity contribution in [3.05, 3.63) is 0 Å². The Balaban J connectivity index is 0.000000270. The zero-order valence-corrected chi connectivity index (χ0v) is 30.9. The van der Waals surface area contributed by atoms with Crippen LogP contribution in [0.2, 0.25) is 0 Å². The molecule has 1 heteroatoms. The third-order valence-corrected chi connectivity index (χ3v) is 12.8. The maximum atomic E-state index is 3.70. The van der Waals surface area contributed by atoms with Crippen molar-refractivity contribution in [2.75, 3.05) is 6.54 Å². The van der Waals surface area contributed by atoms with Crippen molar-refractivity contribution in [2.24, 2.45) is 59.2 Å². The smallest absolute Gasteiger partial charge is 0.0184 e. The molecule has 1 aliphatic heterocycles. The summed E-state index contributed by atoms with van der Waals surface area (Å²) in [5.41, 5.74) is 0.620. The third kappa shape index (κ3) is 15.4. The van der Waals surface area contributed by atoms with Gasteiger partial charge in [0.2, 0.25) is 0 Å². The van der Waals surface area contributed by atoms with Crippen LogP contribution in [0.1, 0.15) is 199 Å². The molecule has 0 bridgehead atoms. The average Bonchev–Trinajstić information content (AvgIpc) is 3.54. The van der Waals surface area contributed by atoms with Gasteiger partial charge in [0.05, 0.1) is 0 Å². The standard InChI is InChI=1S/C10H19N.C9H18.C8H16.2C7H14.CH4/c1-8(2)9-6-10(11-7-9)4-3-5-10;1-8(2)9-6-4-3-5-7-9;1-7(2)8-5-3-4-6-8;2*1-6(2)7-4-3-5-7;/h8-9,11H,3-7H2,1-2H3;8-9H,3-7H2,1-2H3;7-8H,3-6H2,1-2H3;2*6-7H,3-5H2,1-2H3;1H4. The number of nitrogens with one attached hydrogen (secondary N) is 1. The Morgan fingerprint density at radius 1 is 0.395 bits per heavy atom. The van der Waals surface area contributed by atoms with Gasteiger partial charge in [-0.3, -0.25) is 0 Å². The molecule has 1 spiro atoms. The summed E-state index contributed by atoms with van der Waals surface area (Å²) in [6, 6.07) is 0. The monoisotopic (exact) mass is 604 g/mol. The van der Waals surface area contributed by atoms with E-state index in [1.165, 1.54) is 129 Å². The molecule has 0 radical (unpaired) electrons. The highest BCUT2D eigenvalue weighted by atomic mass is 15.0. The van der Waals surface area contributed by atoms with Gasteiger partial charge in [0, 0.05) is 5.54 Å². The summed E-state index contributed by atoms with van der Waals surface area (Å²) in [6.45, 7) is 24.7. The van der Waals surface area contributed by atoms with Gasteiger partial charge in [-0.25, -0.2) is 0 Å². The predicted molar refractivity (Wildman–Crippen MR) is 197 cm³/mol. The lowest BCUT2D eigenvalue weighted by Gasteiger charge is -2.39. The van der Waals surface area contributed by atoms with Crippen LogP contribution >= 0.6 is 0 Å². The van der Waals surface area contributed by atoms with Crippen LogP contribution in [0, 0.1) is 59.2 Å². The topological polar surface area (TPSA) is 12.0 Å². The van der Waals surface area contributed by atoms with Crippen LogP contribution in [0.4, 0.5) is 0 Å². The Bertz CT molecular complexity index is 618. The number of rotatable bonds is 5. The van der Waals surface area contributed by atoms with Gasteiger partial charge in [-0.05, 0) is 91.4 Å². The van der Waals surface area contributed by atoms with E-state index in [0.717, 1.165) is 59.2 Å². The first-order valence-corrected chi connectivity index (χ1v) is 19.7. The molecule has 6 rings (SSSR count). The molecule has 5 aliphatic carbocycles. The fourth-order valence-electron chi connectivity index (χ4n) is 8.09. The highest BCUT2D eigenvalue weighted by molar-refractivity contribution is 5.02. The first-order chi connectivity index (χ1) is 19.9. The van der Waals surface area contributed by atoms with Crippen LogP contribution in [-0.2, 0) is 0 Å². The second kappa shape index (κ2) is 21.7. The maximum absolute atomic E-state index is 3.70. The van der Waals surface area contributed by atoms with Crippen LogP contribution in [0.25, 0.3) is 0 Å². The predicted octanol–water partition coefficient (Wildman–Crippen LogP) is 13.8. The molecule has 1 N–H and O–H groups in total. The summed E-state index contributed by atoms with van der Waals surface area (Å²) in [6.07, 6.45) is 28.2. The molecule has 5 saturated carbocycles. The van der Waals surface area contributed by atoms with Crippen LogP contribution < -0.4 is 5.32 Å². The van der Waals surface area contributed by atoms with E-state index in [9.17, 15) is 0 Å². The Morgan fingerprint density at radius 3 is 0.860 bits per heavy atom. The highest BCUT2D eigenvalue weighted by Gasteiger charge is 2.43. The van der Waals surface area contributed by atoms with Crippen molar-refractivity contribution in [2.45, 2.75) is 204 Å². The molecule has 1 nitrogen and oxygen atoms in total. The van der Waals surface area contributed by atoms with Gasteiger partial charge in [0.25, 0.3) is 0 Å². The molecule has 6 fully saturated rings. The van der Waals surface area contributed by atoms with Gasteiger partial charge in [-0.15, -0.1) is 0 Å². The summed E-state index contributed by atoms with van der Waals surface area (Å²) in [4.78, 5) is 0. The van der Waals surface area contributed by atoms with Crippen molar-refractivity contribution in [1.82, 2.24) is 5.32 Å². The molecule has 1 heterocycles. The summed E-state index contributed by atoms with van der Waals surface area (Å²) < 4.78 is 0. The maximum Gasteiger partial charge on any atom is 0.0184 e. The molecule has 1 unspecified atom stereocenters. The molecular weight excluding hydrogens is 518 g/mol. The van der Waals surface area contributed by atoms with E-state index < -0.39 is 0 Å². The SMILES string of the molecule is C.CC(C)C1CCC1.CC(C)C1CCC1.CC(C)C1CCCC1.CC(C)C1CCCCC1.CC(C)C1CNC2(CCC2)C1. The fourth-order valence-corrected chi connectivity index (χ4v) is 8.09. The van der Waals surface area contributed by atoms with Crippen LogP contribution in [0.15, 0.2) is 0 Å². The lowest BCUT2D eigenvalue weighted by atomic mass is 9.73. The second-order valence-corrected chi connectivity index (χ2v) is 17.5. The van der Waals surface area contributed by atoms with Gasteiger partial charge in [0.1, 0.15) is 0 Å². The fraction of sp³-hybridized carbons (Fsp3) is 1.00. The first kappa shape index (κ1) is 41.0. The zero-order chi connectivity index (χ0) is 31.1. The Kier molecular flexibility index (Phi) is 20.7. The van der Waals surface area contributed by atoms with Crippen molar-refractivity contribution in [3.63, 3.8) is 0 Å². The van der Waals surface area contributed by atoms with E-state index in [0.29, 0.717) is 5.54 Å². The normalized spacial score (nSPS) is 25.3. The number of hydrogen-bond donors (Lipinski definition) is 1. The lowest BCUT2D eigenvalue weighted by Crippen LogP contribution is -2.45. The molecule has 0 amide bonds. The van der Waals surface area contributed by atoms with E-state index in [4.69, 9.17) is 0 Å². The summed E-state index contributed by atoms with van der Waals surface area (Å²) in [5, 5.41) is 3.70. The summed E-state index contributed by atoms with van der Waals surface area (Å²) in [7, 11) is 0. The quantitative estimate of drug-likeness (QED) is 0.329. The van der Waals surface area contributed by atoms with Gasteiger partial charge in [-0.2, -0.15) is 0 Å². The van der Waals surface area contributed by atoms with E-state index in [-0.39, 0.29) is 7.43 Å². The Labute approximate surface area is 274 Å². The largest absolute Gasteiger partial charge is 0.311 e. The van der Waals surface area contributed by atoms with Crippen LogP contribution in [0.5, 0.6) is 0 Å². The van der Waals surface area contributed by atoms with E-state index >= 15 is 0 Å². The first-order valence-electron chi connectivity index (χ1n) is 19.7. The molecule has 43 heavy (non-hydrogen) atoms. The van der Waals surface area contributed by atoms with E-state index in [1.807, 2.05) is 0 Å². The molecule has 1 saturated heterocycles. The molecule has 6 aliphatic rings. The molecule has 0 aromatic carbocycles. The van der Waals surface area contributed by atoms with Crippen molar-refractivity contribution in [1.29, 1.82) is 0 Å². The lowest BCUT2D eigenvalue weighted by molar-refractivity contribution is 0.205. The molecule has 1 atom stereocenters. The van der Waals surface area contributed by atoms with Crippen molar-refractivity contribution in [3.8, 4) is 0 Å². The molecule has 0 aromatic rings. The highest BCUT2D eigenvalue weighted by Crippen LogP contribution is 2.42. The molecule has 0 aromatic heterocycles. The van der Waals surface area contributed by atoms with Crippen molar-refractivity contribution < 1.29 is 0 Å². The van der Waals surface area contributed by atoms with Gasteiger partial charge in [-0.1, -0.05) is 173 Å². The van der Waals surface area contributed by atoms with Crippen LogP contribution in [-0.4, -0.2) is 12.1 Å². The summed E-state index contributed by atoms with van der Waals surface area (Å²) in [5.74, 6) is 9.90.